The molecule has 1 aliphatic heterocycles. The number of carbonyl (C=O) groups excluding carboxylic acids is 2. The second kappa shape index (κ2) is 10.4. The standard InChI is InChI=1S/C23H27F2N3O4/c1-15(18-13-17(31-2)5-7-21(18)32-3)26-22(29)14-27-8-10-28(11-9-27)23(30)16-4-6-19(24)20(25)12-16/h4-7,12-13,15H,8-11,14H2,1-3H3,(H,26,29). The summed E-state index contributed by atoms with van der Waals surface area (Å²) in [6, 6.07) is 8.25. The Balaban J connectivity index is 1.52. The quantitative estimate of drug-likeness (QED) is 0.707. The van der Waals surface area contributed by atoms with Crippen LogP contribution < -0.4 is 14.8 Å². The van der Waals surface area contributed by atoms with Crippen molar-refractivity contribution in [1.29, 1.82) is 0 Å². The lowest BCUT2D eigenvalue weighted by Gasteiger charge is -2.34. The van der Waals surface area contributed by atoms with E-state index in [-0.39, 0.29) is 30.0 Å². The minimum atomic E-state index is -1.05. The van der Waals surface area contributed by atoms with Gasteiger partial charge in [-0.05, 0) is 43.3 Å². The van der Waals surface area contributed by atoms with Crippen LogP contribution in [0.4, 0.5) is 8.78 Å². The van der Waals surface area contributed by atoms with Crippen molar-refractivity contribution in [3.63, 3.8) is 0 Å². The molecule has 2 aromatic carbocycles. The number of ether oxygens (including phenoxy) is 2. The van der Waals surface area contributed by atoms with Crippen molar-refractivity contribution in [3.8, 4) is 11.5 Å². The van der Waals surface area contributed by atoms with Gasteiger partial charge in [-0.25, -0.2) is 8.78 Å². The molecule has 1 heterocycles. The molecule has 32 heavy (non-hydrogen) atoms. The Kier molecular flexibility index (Phi) is 7.63. The van der Waals surface area contributed by atoms with E-state index in [2.05, 4.69) is 5.32 Å². The molecule has 0 aromatic heterocycles. The fourth-order valence-corrected chi connectivity index (χ4v) is 3.67. The van der Waals surface area contributed by atoms with Gasteiger partial charge in [0.25, 0.3) is 5.91 Å². The first kappa shape index (κ1) is 23.5. The van der Waals surface area contributed by atoms with E-state index in [4.69, 9.17) is 9.47 Å². The summed E-state index contributed by atoms with van der Waals surface area (Å²) < 4.78 is 37.2. The summed E-state index contributed by atoms with van der Waals surface area (Å²) in [7, 11) is 3.15. The Bertz CT molecular complexity index is 978. The molecular formula is C23H27F2N3O4. The largest absolute Gasteiger partial charge is 0.497 e. The number of methoxy groups -OCH3 is 2. The van der Waals surface area contributed by atoms with Gasteiger partial charge < -0.3 is 19.7 Å². The highest BCUT2D eigenvalue weighted by atomic mass is 19.2. The lowest BCUT2D eigenvalue weighted by Crippen LogP contribution is -2.51. The van der Waals surface area contributed by atoms with Gasteiger partial charge in [-0.15, -0.1) is 0 Å². The molecule has 0 aliphatic carbocycles. The average molecular weight is 447 g/mol. The Hall–Kier alpha value is -3.20. The van der Waals surface area contributed by atoms with Crippen LogP contribution in [0.15, 0.2) is 36.4 Å². The fraction of sp³-hybridized carbons (Fsp3) is 0.391. The Labute approximate surface area is 185 Å². The number of nitrogens with one attached hydrogen (secondary N) is 1. The van der Waals surface area contributed by atoms with Crippen LogP contribution >= 0.6 is 0 Å². The van der Waals surface area contributed by atoms with Gasteiger partial charge in [-0.2, -0.15) is 0 Å². The topological polar surface area (TPSA) is 71.1 Å². The first-order valence-corrected chi connectivity index (χ1v) is 10.3. The number of hydrogen-bond donors (Lipinski definition) is 1. The molecule has 1 fully saturated rings. The fourth-order valence-electron chi connectivity index (χ4n) is 3.67. The van der Waals surface area contributed by atoms with Gasteiger partial charge >= 0.3 is 0 Å². The zero-order chi connectivity index (χ0) is 23.3. The van der Waals surface area contributed by atoms with Crippen LogP contribution in [0.5, 0.6) is 11.5 Å². The van der Waals surface area contributed by atoms with Crippen molar-refractivity contribution in [1.82, 2.24) is 15.1 Å². The molecular weight excluding hydrogens is 420 g/mol. The number of hydrogen-bond acceptors (Lipinski definition) is 5. The number of piperazine rings is 1. The van der Waals surface area contributed by atoms with Crippen molar-refractivity contribution >= 4 is 11.8 Å². The maximum atomic E-state index is 13.4. The predicted molar refractivity (Wildman–Crippen MR) is 115 cm³/mol. The summed E-state index contributed by atoms with van der Waals surface area (Å²) in [5, 5.41) is 2.97. The van der Waals surface area contributed by atoms with Crippen molar-refractivity contribution in [2.24, 2.45) is 0 Å². The Morgan fingerprint density at radius 2 is 1.72 bits per heavy atom. The molecule has 2 amide bonds. The van der Waals surface area contributed by atoms with E-state index >= 15 is 0 Å². The monoisotopic (exact) mass is 447 g/mol. The first-order chi connectivity index (χ1) is 15.3. The van der Waals surface area contributed by atoms with Gasteiger partial charge in [0, 0.05) is 37.3 Å². The molecule has 0 bridgehead atoms. The number of benzene rings is 2. The lowest BCUT2D eigenvalue weighted by atomic mass is 10.1. The molecule has 1 atom stereocenters. The summed E-state index contributed by atoms with van der Waals surface area (Å²) in [6.45, 7) is 3.84. The molecule has 0 radical (unpaired) electrons. The van der Waals surface area contributed by atoms with Crippen LogP contribution in [-0.2, 0) is 4.79 Å². The predicted octanol–water partition coefficient (Wildman–Crippen LogP) is 2.62. The highest BCUT2D eigenvalue weighted by Crippen LogP contribution is 2.29. The van der Waals surface area contributed by atoms with E-state index in [1.165, 1.54) is 6.07 Å². The van der Waals surface area contributed by atoms with Crippen molar-refractivity contribution in [2.75, 3.05) is 46.9 Å². The molecule has 1 saturated heterocycles. The minimum Gasteiger partial charge on any atom is -0.497 e. The number of amides is 2. The van der Waals surface area contributed by atoms with E-state index in [1.54, 1.807) is 31.3 Å². The molecule has 1 unspecified atom stereocenters. The van der Waals surface area contributed by atoms with Crippen molar-refractivity contribution < 1.29 is 27.8 Å². The number of halogens is 2. The van der Waals surface area contributed by atoms with Crippen LogP contribution in [0.3, 0.4) is 0 Å². The van der Waals surface area contributed by atoms with Crippen LogP contribution in [0.25, 0.3) is 0 Å². The highest BCUT2D eigenvalue weighted by Gasteiger charge is 2.24. The molecule has 0 saturated carbocycles. The van der Waals surface area contributed by atoms with Crippen LogP contribution in [-0.4, -0.2) is 68.6 Å². The van der Waals surface area contributed by atoms with Gasteiger partial charge in [-0.3, -0.25) is 14.5 Å². The second-order valence-electron chi connectivity index (χ2n) is 7.59. The summed E-state index contributed by atoms with van der Waals surface area (Å²) in [6.07, 6.45) is 0. The SMILES string of the molecule is COc1ccc(OC)c(C(C)NC(=O)CN2CCN(C(=O)c3ccc(F)c(F)c3)CC2)c1. The average Bonchev–Trinajstić information content (AvgIpc) is 2.80. The summed E-state index contributed by atoms with van der Waals surface area (Å²) >= 11 is 0. The Morgan fingerprint density at radius 3 is 2.34 bits per heavy atom. The lowest BCUT2D eigenvalue weighted by molar-refractivity contribution is -0.123. The van der Waals surface area contributed by atoms with Gasteiger partial charge in [0.15, 0.2) is 11.6 Å². The van der Waals surface area contributed by atoms with Crippen LogP contribution in [0, 0.1) is 11.6 Å². The maximum Gasteiger partial charge on any atom is 0.254 e. The summed E-state index contributed by atoms with van der Waals surface area (Å²) in [5.74, 6) is -1.22. The van der Waals surface area contributed by atoms with Crippen molar-refractivity contribution in [3.05, 3.63) is 59.2 Å². The van der Waals surface area contributed by atoms with Crippen molar-refractivity contribution in [2.45, 2.75) is 13.0 Å². The highest BCUT2D eigenvalue weighted by molar-refractivity contribution is 5.94. The second-order valence-corrected chi connectivity index (χ2v) is 7.59. The molecule has 2 aromatic rings. The molecule has 1 N–H and O–H groups in total. The van der Waals surface area contributed by atoms with Gasteiger partial charge in [0.1, 0.15) is 11.5 Å². The number of rotatable bonds is 7. The molecule has 9 heteroatoms. The van der Waals surface area contributed by atoms with E-state index in [1.807, 2.05) is 17.9 Å². The van der Waals surface area contributed by atoms with Crippen LogP contribution in [0.1, 0.15) is 28.9 Å². The molecule has 7 nitrogen and oxygen atoms in total. The molecule has 0 spiro atoms. The van der Waals surface area contributed by atoms with Gasteiger partial charge in [0.05, 0.1) is 26.8 Å². The van der Waals surface area contributed by atoms with E-state index in [9.17, 15) is 18.4 Å². The van der Waals surface area contributed by atoms with Crippen LogP contribution in [0.2, 0.25) is 0 Å². The maximum absolute atomic E-state index is 13.4. The van der Waals surface area contributed by atoms with E-state index < -0.39 is 11.6 Å². The van der Waals surface area contributed by atoms with E-state index in [0.29, 0.717) is 37.7 Å². The third-order valence-corrected chi connectivity index (χ3v) is 5.47. The van der Waals surface area contributed by atoms with Gasteiger partial charge in [0.2, 0.25) is 5.91 Å². The minimum absolute atomic E-state index is 0.108. The number of nitrogens with zero attached hydrogens (tertiary/aromatic N) is 2. The summed E-state index contributed by atoms with van der Waals surface area (Å²) in [4.78, 5) is 28.6. The number of carbonyl (C=O) groups is 2. The Morgan fingerprint density at radius 1 is 1.00 bits per heavy atom. The van der Waals surface area contributed by atoms with E-state index in [0.717, 1.165) is 17.7 Å². The third-order valence-electron chi connectivity index (χ3n) is 5.47. The zero-order valence-electron chi connectivity index (χ0n) is 18.4. The smallest absolute Gasteiger partial charge is 0.254 e. The molecule has 172 valence electrons. The molecule has 1 aliphatic rings. The normalized spacial score (nSPS) is 15.2. The zero-order valence-corrected chi connectivity index (χ0v) is 18.4. The van der Waals surface area contributed by atoms with Gasteiger partial charge in [-0.1, -0.05) is 0 Å². The molecule has 3 rings (SSSR count). The summed E-state index contributed by atoms with van der Waals surface area (Å²) in [5.41, 5.74) is 0.915. The third kappa shape index (κ3) is 5.53. The first-order valence-electron chi connectivity index (χ1n) is 10.3.